The van der Waals surface area contributed by atoms with Crippen LogP contribution in [0.1, 0.15) is 19.9 Å². The average molecular weight is 177 g/mol. The number of imidazole rings is 1. The minimum Gasteiger partial charge on any atom is -0.286 e. The molecular formula is C9H11N3O. The lowest BCUT2D eigenvalue weighted by molar-refractivity contribution is 0.494. The molecule has 0 saturated heterocycles. The Labute approximate surface area is 75.4 Å². The van der Waals surface area contributed by atoms with E-state index in [1.54, 1.807) is 29.2 Å². The van der Waals surface area contributed by atoms with E-state index in [1.807, 2.05) is 4.68 Å². The normalized spacial score (nSPS) is 11.3. The minimum absolute atomic E-state index is 0.0399. The predicted octanol–water partition coefficient (Wildman–Crippen LogP) is 1.08. The molecule has 0 saturated carbocycles. The maximum Gasteiger partial charge on any atom is 0.224 e. The van der Waals surface area contributed by atoms with Crippen molar-refractivity contribution in [3.05, 3.63) is 34.9 Å². The van der Waals surface area contributed by atoms with Gasteiger partial charge in [-0.05, 0) is 13.8 Å². The van der Waals surface area contributed by atoms with E-state index >= 15 is 0 Å². The van der Waals surface area contributed by atoms with Gasteiger partial charge < -0.3 is 0 Å². The van der Waals surface area contributed by atoms with Gasteiger partial charge in [-0.25, -0.2) is 9.50 Å². The zero-order chi connectivity index (χ0) is 9.42. The van der Waals surface area contributed by atoms with Gasteiger partial charge >= 0.3 is 0 Å². The zero-order valence-corrected chi connectivity index (χ0v) is 7.64. The van der Waals surface area contributed by atoms with E-state index in [0.29, 0.717) is 11.7 Å². The molecule has 2 aromatic heterocycles. The topological polar surface area (TPSA) is 39.3 Å². The van der Waals surface area contributed by atoms with Gasteiger partial charge in [-0.15, -0.1) is 0 Å². The zero-order valence-electron chi connectivity index (χ0n) is 7.64. The van der Waals surface area contributed by atoms with Gasteiger partial charge in [0, 0.05) is 30.7 Å². The molecule has 0 atom stereocenters. The van der Waals surface area contributed by atoms with E-state index in [0.717, 1.165) is 0 Å². The molecule has 0 fully saturated rings. The molecule has 2 aromatic rings. The predicted molar refractivity (Wildman–Crippen MR) is 49.8 cm³/mol. The van der Waals surface area contributed by atoms with Crippen molar-refractivity contribution in [1.82, 2.24) is 14.2 Å². The Balaban J connectivity index is 2.86. The highest BCUT2D eigenvalue weighted by Crippen LogP contribution is 2.03. The molecule has 0 spiro atoms. The van der Waals surface area contributed by atoms with Gasteiger partial charge in [-0.1, -0.05) is 0 Å². The van der Waals surface area contributed by atoms with Crippen LogP contribution in [0.25, 0.3) is 5.65 Å². The van der Waals surface area contributed by atoms with Crippen LogP contribution in [0.4, 0.5) is 0 Å². The van der Waals surface area contributed by atoms with Gasteiger partial charge in [0.1, 0.15) is 0 Å². The summed E-state index contributed by atoms with van der Waals surface area (Å²) < 4.78 is 3.73. The molecule has 4 heteroatoms. The molecule has 13 heavy (non-hydrogen) atoms. The highest BCUT2D eigenvalue weighted by molar-refractivity contribution is 5.35. The Morgan fingerprint density at radius 1 is 1.38 bits per heavy atom. The van der Waals surface area contributed by atoms with Gasteiger partial charge in [0.2, 0.25) is 5.43 Å². The average Bonchev–Trinajstić information content (AvgIpc) is 2.53. The van der Waals surface area contributed by atoms with Crippen molar-refractivity contribution in [2.45, 2.75) is 19.9 Å². The van der Waals surface area contributed by atoms with Crippen molar-refractivity contribution in [2.75, 3.05) is 0 Å². The van der Waals surface area contributed by atoms with E-state index in [1.165, 1.54) is 0 Å². The number of nitrogens with zero attached hydrogens (tertiary/aromatic N) is 3. The highest BCUT2D eigenvalue weighted by Gasteiger charge is 2.03. The maximum absolute atomic E-state index is 11.3. The summed E-state index contributed by atoms with van der Waals surface area (Å²) in [5.41, 5.74) is 0.443. The molecule has 0 aliphatic carbocycles. The number of hydrogen-bond acceptors (Lipinski definition) is 2. The molecule has 68 valence electrons. The molecule has 0 aromatic carbocycles. The third-order valence-electron chi connectivity index (χ3n) is 2.00. The lowest BCUT2D eigenvalue weighted by Crippen LogP contribution is -2.16. The standard InChI is InChI=1S/C9H11N3O/c1-7(2)11-5-3-8(13)9-10-4-6-12(9)11/h3-7H,1-2H3. The minimum atomic E-state index is -0.0399. The first kappa shape index (κ1) is 8.04. The third kappa shape index (κ3) is 1.14. The van der Waals surface area contributed by atoms with Crippen LogP contribution in [0.2, 0.25) is 0 Å². The van der Waals surface area contributed by atoms with Crippen LogP contribution in [0.3, 0.4) is 0 Å². The summed E-state index contributed by atoms with van der Waals surface area (Å²) in [6, 6.07) is 1.86. The van der Waals surface area contributed by atoms with Crippen LogP contribution in [0.5, 0.6) is 0 Å². The molecule has 0 radical (unpaired) electrons. The van der Waals surface area contributed by atoms with Crippen molar-refractivity contribution < 1.29 is 0 Å². The monoisotopic (exact) mass is 177 g/mol. The van der Waals surface area contributed by atoms with Crippen molar-refractivity contribution >= 4 is 5.65 Å². The summed E-state index contributed by atoms with van der Waals surface area (Å²) in [4.78, 5) is 15.3. The second-order valence-corrected chi connectivity index (χ2v) is 3.25. The van der Waals surface area contributed by atoms with Gasteiger partial charge in [0.15, 0.2) is 5.65 Å². The molecule has 0 amide bonds. The van der Waals surface area contributed by atoms with Gasteiger partial charge in [-0.2, -0.15) is 0 Å². The highest BCUT2D eigenvalue weighted by atomic mass is 16.1. The number of fused-ring (bicyclic) bond motifs is 1. The van der Waals surface area contributed by atoms with E-state index < -0.39 is 0 Å². The van der Waals surface area contributed by atoms with Gasteiger partial charge in [0.25, 0.3) is 0 Å². The van der Waals surface area contributed by atoms with Crippen molar-refractivity contribution in [3.8, 4) is 0 Å². The first-order valence-corrected chi connectivity index (χ1v) is 4.24. The third-order valence-corrected chi connectivity index (χ3v) is 2.00. The molecule has 0 bridgehead atoms. The quantitative estimate of drug-likeness (QED) is 0.653. The molecule has 2 rings (SSSR count). The Bertz CT molecular complexity index is 481. The Kier molecular flexibility index (Phi) is 1.69. The fraction of sp³-hybridized carbons (Fsp3) is 0.333. The van der Waals surface area contributed by atoms with Crippen LogP contribution in [-0.4, -0.2) is 14.2 Å². The summed E-state index contributed by atoms with van der Waals surface area (Å²) in [6.07, 6.45) is 5.20. The van der Waals surface area contributed by atoms with Crippen molar-refractivity contribution in [1.29, 1.82) is 0 Å². The Morgan fingerprint density at radius 2 is 2.15 bits per heavy atom. The summed E-state index contributed by atoms with van der Waals surface area (Å²) in [7, 11) is 0. The lowest BCUT2D eigenvalue weighted by atomic mass is 10.4. The van der Waals surface area contributed by atoms with Crippen LogP contribution in [-0.2, 0) is 0 Å². The summed E-state index contributed by atoms with van der Waals surface area (Å²) in [5, 5.41) is 0. The second kappa shape index (κ2) is 2.73. The summed E-state index contributed by atoms with van der Waals surface area (Å²) >= 11 is 0. The molecule has 0 N–H and O–H groups in total. The summed E-state index contributed by atoms with van der Waals surface area (Å²) in [5.74, 6) is 0. The fourth-order valence-electron chi connectivity index (χ4n) is 1.37. The molecule has 0 unspecified atom stereocenters. The van der Waals surface area contributed by atoms with Crippen molar-refractivity contribution in [3.63, 3.8) is 0 Å². The molecule has 0 aliphatic heterocycles. The molecule has 2 heterocycles. The number of rotatable bonds is 1. The van der Waals surface area contributed by atoms with Crippen molar-refractivity contribution in [2.24, 2.45) is 0 Å². The van der Waals surface area contributed by atoms with E-state index in [4.69, 9.17) is 0 Å². The fourth-order valence-corrected chi connectivity index (χ4v) is 1.37. The van der Waals surface area contributed by atoms with E-state index in [-0.39, 0.29) is 5.43 Å². The number of hydrogen-bond donors (Lipinski definition) is 0. The van der Waals surface area contributed by atoms with E-state index in [9.17, 15) is 4.79 Å². The molecule has 0 aliphatic rings. The van der Waals surface area contributed by atoms with Crippen LogP contribution in [0.15, 0.2) is 29.5 Å². The molecular weight excluding hydrogens is 166 g/mol. The maximum atomic E-state index is 11.3. The Hall–Kier alpha value is -1.58. The van der Waals surface area contributed by atoms with Crippen LogP contribution < -0.4 is 5.43 Å². The molecule has 4 nitrogen and oxygen atoms in total. The summed E-state index contributed by atoms with van der Waals surface area (Å²) in [6.45, 7) is 4.12. The smallest absolute Gasteiger partial charge is 0.224 e. The SMILES string of the molecule is CC(C)n1ccc(=O)c2nccn21. The van der Waals surface area contributed by atoms with Crippen LogP contribution in [0, 0.1) is 0 Å². The van der Waals surface area contributed by atoms with Crippen LogP contribution >= 0.6 is 0 Å². The number of aromatic nitrogens is 3. The lowest BCUT2D eigenvalue weighted by Gasteiger charge is -2.12. The van der Waals surface area contributed by atoms with Gasteiger partial charge in [-0.3, -0.25) is 9.48 Å². The Morgan fingerprint density at radius 3 is 2.85 bits per heavy atom. The van der Waals surface area contributed by atoms with Gasteiger partial charge in [0.05, 0.1) is 0 Å². The van der Waals surface area contributed by atoms with E-state index in [2.05, 4.69) is 18.8 Å². The first-order valence-electron chi connectivity index (χ1n) is 4.24. The second-order valence-electron chi connectivity index (χ2n) is 3.25. The largest absolute Gasteiger partial charge is 0.286 e. The first-order chi connectivity index (χ1) is 6.20.